The molecule has 0 aliphatic heterocycles. The minimum Gasteiger partial charge on any atom is -0.368 e. The smallest absolute Gasteiger partial charge is 0.0838 e. The first kappa shape index (κ1) is 10.7. The van der Waals surface area contributed by atoms with Crippen LogP contribution in [-0.4, -0.2) is 5.60 Å². The zero-order valence-corrected chi connectivity index (χ0v) is 10.1. The molecule has 1 nitrogen and oxygen atoms in total. The largest absolute Gasteiger partial charge is 0.368 e. The van der Waals surface area contributed by atoms with Gasteiger partial charge in [0.25, 0.3) is 0 Å². The molecule has 1 heteroatoms. The molecule has 1 unspecified atom stereocenters. The lowest BCUT2D eigenvalue weighted by Crippen LogP contribution is -2.21. The van der Waals surface area contributed by atoms with Gasteiger partial charge in [0, 0.05) is 0 Å². The molecule has 1 atom stereocenters. The average molecular weight is 204 g/mol. The summed E-state index contributed by atoms with van der Waals surface area (Å²) in [6, 6.07) is 6.72. The van der Waals surface area contributed by atoms with Gasteiger partial charge < -0.3 is 4.74 Å². The van der Waals surface area contributed by atoms with E-state index in [2.05, 4.69) is 45.9 Å². The van der Waals surface area contributed by atoms with Crippen molar-refractivity contribution in [2.45, 2.75) is 52.2 Å². The second-order valence-electron chi connectivity index (χ2n) is 5.46. The Morgan fingerprint density at radius 2 is 2.00 bits per heavy atom. The topological polar surface area (TPSA) is 9.23 Å². The first-order chi connectivity index (χ1) is 6.96. The van der Waals surface area contributed by atoms with Crippen LogP contribution in [-0.2, 0) is 11.2 Å². The lowest BCUT2D eigenvalue weighted by atomic mass is 10.1. The Morgan fingerprint density at radius 1 is 1.27 bits per heavy atom. The Bertz CT molecular complexity index is 360. The summed E-state index contributed by atoms with van der Waals surface area (Å²) in [7, 11) is 0. The van der Waals surface area contributed by atoms with Crippen LogP contribution in [0.4, 0.5) is 0 Å². The second kappa shape index (κ2) is 3.64. The standard InChI is InChI=1S/C14H20O/c1-10-5-6-11-7-8-13(12(11)9-10)15-14(2,3)4/h5-6,9,13H,7-8H2,1-4H3. The predicted molar refractivity (Wildman–Crippen MR) is 63.1 cm³/mol. The highest BCUT2D eigenvalue weighted by Gasteiger charge is 2.27. The van der Waals surface area contributed by atoms with Crippen molar-refractivity contribution in [1.29, 1.82) is 0 Å². The molecule has 0 heterocycles. The van der Waals surface area contributed by atoms with Crippen molar-refractivity contribution in [2.24, 2.45) is 0 Å². The molecule has 0 aromatic heterocycles. The minimum atomic E-state index is -0.0456. The zero-order chi connectivity index (χ0) is 11.1. The van der Waals surface area contributed by atoms with E-state index >= 15 is 0 Å². The maximum Gasteiger partial charge on any atom is 0.0838 e. The number of hydrogen-bond donors (Lipinski definition) is 0. The van der Waals surface area contributed by atoms with Gasteiger partial charge in [-0.05, 0) is 51.7 Å². The third-order valence-electron chi connectivity index (χ3n) is 2.82. The van der Waals surface area contributed by atoms with Gasteiger partial charge in [-0.2, -0.15) is 0 Å². The van der Waals surface area contributed by atoms with Crippen LogP contribution in [0, 0.1) is 6.92 Å². The summed E-state index contributed by atoms with van der Waals surface area (Å²) in [5.41, 5.74) is 4.16. The fraction of sp³-hybridized carbons (Fsp3) is 0.571. The summed E-state index contributed by atoms with van der Waals surface area (Å²) in [6.45, 7) is 8.52. The number of rotatable bonds is 1. The molecule has 0 amide bonds. The Hall–Kier alpha value is -0.820. The van der Waals surface area contributed by atoms with Crippen molar-refractivity contribution < 1.29 is 4.74 Å². The van der Waals surface area contributed by atoms with Gasteiger partial charge in [-0.1, -0.05) is 23.8 Å². The van der Waals surface area contributed by atoms with Gasteiger partial charge in [0.05, 0.1) is 11.7 Å². The lowest BCUT2D eigenvalue weighted by molar-refractivity contribution is -0.0605. The van der Waals surface area contributed by atoms with E-state index in [1.807, 2.05) is 0 Å². The maximum atomic E-state index is 6.08. The molecule has 1 aromatic rings. The fourth-order valence-electron chi connectivity index (χ4n) is 2.23. The molecule has 82 valence electrons. The van der Waals surface area contributed by atoms with Crippen LogP contribution in [0.15, 0.2) is 18.2 Å². The lowest BCUT2D eigenvalue weighted by Gasteiger charge is -2.25. The van der Waals surface area contributed by atoms with Gasteiger partial charge in [-0.3, -0.25) is 0 Å². The molecule has 15 heavy (non-hydrogen) atoms. The summed E-state index contributed by atoms with van der Waals surface area (Å²) in [4.78, 5) is 0. The molecular weight excluding hydrogens is 184 g/mol. The van der Waals surface area contributed by atoms with Crippen molar-refractivity contribution in [1.82, 2.24) is 0 Å². The van der Waals surface area contributed by atoms with Crippen molar-refractivity contribution in [3.05, 3.63) is 34.9 Å². The van der Waals surface area contributed by atoms with E-state index < -0.39 is 0 Å². The van der Waals surface area contributed by atoms with Crippen LogP contribution in [0.3, 0.4) is 0 Å². The van der Waals surface area contributed by atoms with E-state index in [1.165, 1.54) is 16.7 Å². The zero-order valence-electron chi connectivity index (χ0n) is 10.1. The van der Waals surface area contributed by atoms with E-state index in [1.54, 1.807) is 0 Å². The third-order valence-corrected chi connectivity index (χ3v) is 2.82. The quantitative estimate of drug-likeness (QED) is 0.676. The van der Waals surface area contributed by atoms with Crippen molar-refractivity contribution in [2.75, 3.05) is 0 Å². The van der Waals surface area contributed by atoms with Crippen molar-refractivity contribution in [3.63, 3.8) is 0 Å². The summed E-state index contributed by atoms with van der Waals surface area (Å²) in [6.07, 6.45) is 2.60. The van der Waals surface area contributed by atoms with Gasteiger partial charge in [0.2, 0.25) is 0 Å². The van der Waals surface area contributed by atoms with E-state index in [0.717, 1.165) is 12.8 Å². The van der Waals surface area contributed by atoms with Gasteiger partial charge in [-0.15, -0.1) is 0 Å². The first-order valence-electron chi connectivity index (χ1n) is 5.73. The van der Waals surface area contributed by atoms with Crippen molar-refractivity contribution >= 4 is 0 Å². The Kier molecular flexibility index (Phi) is 2.59. The highest BCUT2D eigenvalue weighted by molar-refractivity contribution is 5.36. The second-order valence-corrected chi connectivity index (χ2v) is 5.46. The Labute approximate surface area is 92.5 Å². The Balaban J connectivity index is 2.24. The van der Waals surface area contributed by atoms with E-state index in [-0.39, 0.29) is 5.60 Å². The number of aryl methyl sites for hydroxylation is 2. The molecule has 0 saturated carbocycles. The van der Waals surface area contributed by atoms with Crippen LogP contribution < -0.4 is 0 Å². The average Bonchev–Trinajstić information content (AvgIpc) is 2.46. The highest BCUT2D eigenvalue weighted by Crippen LogP contribution is 2.37. The van der Waals surface area contributed by atoms with E-state index in [9.17, 15) is 0 Å². The summed E-state index contributed by atoms with van der Waals surface area (Å²) in [5.74, 6) is 0. The van der Waals surface area contributed by atoms with Gasteiger partial charge in [0.15, 0.2) is 0 Å². The van der Waals surface area contributed by atoms with Gasteiger partial charge >= 0.3 is 0 Å². The van der Waals surface area contributed by atoms with Crippen LogP contribution >= 0.6 is 0 Å². The van der Waals surface area contributed by atoms with Gasteiger partial charge in [0.1, 0.15) is 0 Å². The molecule has 0 N–H and O–H groups in total. The number of ether oxygens (including phenoxy) is 1. The molecule has 0 saturated heterocycles. The van der Waals surface area contributed by atoms with Crippen LogP contribution in [0.25, 0.3) is 0 Å². The summed E-state index contributed by atoms with van der Waals surface area (Å²) in [5, 5.41) is 0. The molecular formula is C14H20O. The predicted octanol–water partition coefficient (Wildman–Crippen LogP) is 3.80. The number of hydrogen-bond acceptors (Lipinski definition) is 1. The van der Waals surface area contributed by atoms with Crippen LogP contribution in [0.1, 0.15) is 50.0 Å². The molecule has 0 bridgehead atoms. The molecule has 1 aromatic carbocycles. The highest BCUT2D eigenvalue weighted by atomic mass is 16.5. The van der Waals surface area contributed by atoms with E-state index in [0.29, 0.717) is 6.10 Å². The summed E-state index contributed by atoms with van der Waals surface area (Å²) < 4.78 is 6.08. The maximum absolute atomic E-state index is 6.08. The number of benzene rings is 1. The third kappa shape index (κ3) is 2.40. The minimum absolute atomic E-state index is 0.0456. The van der Waals surface area contributed by atoms with Gasteiger partial charge in [-0.25, -0.2) is 0 Å². The summed E-state index contributed by atoms with van der Waals surface area (Å²) >= 11 is 0. The first-order valence-corrected chi connectivity index (χ1v) is 5.73. The normalized spacial score (nSPS) is 20.4. The molecule has 1 aliphatic carbocycles. The molecule has 1 aliphatic rings. The van der Waals surface area contributed by atoms with E-state index in [4.69, 9.17) is 4.74 Å². The Morgan fingerprint density at radius 3 is 2.67 bits per heavy atom. The molecule has 0 spiro atoms. The van der Waals surface area contributed by atoms with Crippen molar-refractivity contribution in [3.8, 4) is 0 Å². The molecule has 2 rings (SSSR count). The molecule has 0 fully saturated rings. The monoisotopic (exact) mass is 204 g/mol. The van der Waals surface area contributed by atoms with Crippen LogP contribution in [0.5, 0.6) is 0 Å². The number of fused-ring (bicyclic) bond motifs is 1. The fourth-order valence-corrected chi connectivity index (χ4v) is 2.23. The van der Waals surface area contributed by atoms with Crippen LogP contribution in [0.2, 0.25) is 0 Å². The SMILES string of the molecule is Cc1ccc2c(c1)C(OC(C)(C)C)CC2. The molecule has 0 radical (unpaired) electrons.